The molecular weight excluding hydrogens is 1450 g/mol. The van der Waals surface area contributed by atoms with E-state index in [1.165, 1.54) is 35.7 Å². The van der Waals surface area contributed by atoms with Crippen LogP contribution in [0.1, 0.15) is 44.5 Å². The Morgan fingerprint density at radius 1 is 0.409 bits per heavy atom. The number of nitrogens with one attached hydrogen (secondary N) is 6. The molecule has 0 saturated carbocycles. The molecule has 0 radical (unpaired) electrons. The van der Waals surface area contributed by atoms with Crippen molar-refractivity contribution in [1.82, 2.24) is 31.9 Å². The normalized spacial score (nSPS) is 21.3. The number of phenolic OH excluding ortho intramolecular Hbond substituents is 1. The summed E-state index contributed by atoms with van der Waals surface area (Å²) in [5.74, 6) is -6.86. The summed E-state index contributed by atoms with van der Waals surface area (Å²) < 4.78 is 20.6. The highest BCUT2D eigenvalue weighted by Crippen LogP contribution is 2.50. The van der Waals surface area contributed by atoms with Crippen LogP contribution in [0.4, 0.5) is 0 Å². The van der Waals surface area contributed by atoms with Crippen molar-refractivity contribution in [3.05, 3.63) is 281 Å². The molecule has 8 aromatic rings. The van der Waals surface area contributed by atoms with E-state index >= 15 is 9.59 Å². The molecule has 0 bridgehead atoms. The van der Waals surface area contributed by atoms with Gasteiger partial charge in [-0.2, -0.15) is 0 Å². The van der Waals surface area contributed by atoms with Crippen molar-refractivity contribution >= 4 is 64.9 Å². The number of aromatic hydroxyl groups is 1. The molecule has 0 unspecified atom stereocenters. The predicted octanol–water partition coefficient (Wildman–Crippen LogP) is 1.25. The second kappa shape index (κ2) is 39.6. The summed E-state index contributed by atoms with van der Waals surface area (Å²) in [6, 6.07) is 64.1. The summed E-state index contributed by atoms with van der Waals surface area (Å²) in [5.41, 5.74) is 18.0. The molecule has 0 aromatic heterocycles. The number of hydrogen-bond donors (Lipinski definition) is 16. The number of aliphatic hydroxyl groups is 7. The molecule has 2 fully saturated rings. The number of rotatable bonds is 36. The highest BCUT2D eigenvalue weighted by atomic mass is 32.2. The molecule has 7 amide bonds. The third-order valence-corrected chi connectivity index (χ3v) is 22.1. The Kier molecular flexibility index (Phi) is 29.7. The molecule has 110 heavy (non-hydrogen) atoms. The van der Waals surface area contributed by atoms with Gasteiger partial charge in [0.15, 0.2) is 12.6 Å². The summed E-state index contributed by atoms with van der Waals surface area (Å²) >= 11 is 2.59. The zero-order valence-corrected chi connectivity index (χ0v) is 61.2. The molecule has 2 aliphatic heterocycles. The average Bonchev–Trinajstić information content (AvgIpc) is 0.761. The van der Waals surface area contributed by atoms with Crippen molar-refractivity contribution < 1.29 is 93.4 Å². The van der Waals surface area contributed by atoms with Gasteiger partial charge in [0.25, 0.3) is 0 Å². The van der Waals surface area contributed by atoms with E-state index in [1.54, 1.807) is 42.5 Å². The monoisotopic (exact) mass is 1540 g/mol. The Labute approximate surface area is 643 Å². The summed E-state index contributed by atoms with van der Waals surface area (Å²) in [6.07, 6.45) is -18.3. The van der Waals surface area contributed by atoms with Gasteiger partial charge in [0, 0.05) is 17.9 Å². The lowest BCUT2D eigenvalue weighted by Crippen LogP contribution is -2.62. The topological polar surface area (TPSA) is 442 Å². The highest BCUT2D eigenvalue weighted by Gasteiger charge is 2.49. The second-order valence-electron chi connectivity index (χ2n) is 26.4. The van der Waals surface area contributed by atoms with Gasteiger partial charge in [-0.05, 0) is 63.1 Å². The number of phenols is 1. The molecule has 27 nitrogen and oxygen atoms in total. The Balaban J connectivity index is 0.945. The second-order valence-corrected chi connectivity index (χ2v) is 28.9. The molecule has 0 aliphatic carbocycles. The number of nitrogens with two attached hydrogens (primary N) is 2. The molecule has 15 atom stereocenters. The number of hydrogen-bond acceptors (Lipinski definition) is 22. The van der Waals surface area contributed by atoms with E-state index in [9.17, 15) is 64.8 Å². The molecule has 10 rings (SSSR count). The smallest absolute Gasteiger partial charge is 0.245 e. The number of benzene rings is 8. The maximum absolute atomic E-state index is 15.6. The lowest BCUT2D eigenvalue weighted by atomic mass is 9.84. The minimum absolute atomic E-state index is 0.00915. The maximum atomic E-state index is 15.6. The van der Waals surface area contributed by atoms with Crippen LogP contribution in [0.25, 0.3) is 0 Å². The van der Waals surface area contributed by atoms with Gasteiger partial charge in [0.1, 0.15) is 78.7 Å². The number of amides is 7. The van der Waals surface area contributed by atoms with Crippen LogP contribution in [0, 0.1) is 0 Å². The molecule has 2 saturated heterocycles. The number of primary amides is 1. The van der Waals surface area contributed by atoms with E-state index in [2.05, 4.69) is 31.9 Å². The summed E-state index contributed by atoms with van der Waals surface area (Å²) in [6.45, 7) is -3.99. The SMILES string of the molecule is NC(=O)CNC(=O)[C@H](CO[C@@H]1O[C@H](CO[C@@H]2O[C@H](CO)[C@H](O)[C@H](O)[C@H]2O)[C@@H](O)[C@H](O)[C@H]1O)NC(=O)[C@@H](CSC(c1ccccc1)(c1ccccc1)c1ccccc1)NC(=O)[C@H](Cc1ccccc1)NC(=O)CNC(=O)[C@@H](CSC(c1ccccc1)(c1ccccc1)c1ccccc1)NC(=O)[C@@H](N)Cc1ccc(O)cc1. The van der Waals surface area contributed by atoms with Crippen molar-refractivity contribution in [2.45, 2.75) is 114 Å². The third-order valence-electron chi connectivity index (χ3n) is 18.8. The van der Waals surface area contributed by atoms with E-state index in [1.807, 2.05) is 182 Å². The van der Waals surface area contributed by atoms with E-state index in [-0.39, 0.29) is 30.1 Å². The van der Waals surface area contributed by atoms with Crippen LogP contribution in [0.2, 0.25) is 0 Å². The zero-order chi connectivity index (χ0) is 78.3. The first-order valence-corrected chi connectivity index (χ1v) is 37.5. The van der Waals surface area contributed by atoms with E-state index in [0.29, 0.717) is 11.1 Å². The number of carbonyl (C=O) groups is 7. The molecule has 8 aromatic carbocycles. The van der Waals surface area contributed by atoms with Crippen molar-refractivity contribution in [2.75, 3.05) is 44.4 Å². The van der Waals surface area contributed by atoms with Gasteiger partial charge in [-0.15, -0.1) is 23.5 Å². The van der Waals surface area contributed by atoms with Crippen LogP contribution < -0.4 is 43.4 Å². The highest BCUT2D eigenvalue weighted by molar-refractivity contribution is 8.01. The maximum Gasteiger partial charge on any atom is 0.245 e. The number of thioether (sulfide) groups is 2. The summed E-state index contributed by atoms with van der Waals surface area (Å²) in [5, 5.41) is 101. The Morgan fingerprint density at radius 2 is 0.773 bits per heavy atom. The van der Waals surface area contributed by atoms with Crippen LogP contribution >= 0.6 is 23.5 Å². The van der Waals surface area contributed by atoms with Crippen LogP contribution in [-0.2, 0) is 74.8 Å². The Hall–Kier alpha value is -9.93. The first kappa shape index (κ1) is 82.6. The van der Waals surface area contributed by atoms with Crippen molar-refractivity contribution in [1.29, 1.82) is 0 Å². The molecule has 0 spiro atoms. The lowest BCUT2D eigenvalue weighted by Gasteiger charge is -2.42. The van der Waals surface area contributed by atoms with Gasteiger partial charge >= 0.3 is 0 Å². The third kappa shape index (κ3) is 20.9. The zero-order valence-electron chi connectivity index (χ0n) is 59.6. The lowest BCUT2D eigenvalue weighted by molar-refractivity contribution is -0.331. The standard InChI is InChI=1S/C81H90N8O19S2/c82-58(40-50-36-38-57(91)39-37-50)73(100)88-61(47-109-80(51-24-10-2-11-25-51,52-26-12-3-13-27-52)53-28-14-4-15-29-53)75(102)85-43-66(93)86-59(41-49-22-8-1-9-23-49)76(103)89-62(48-110-81(54-30-16-5-17-31-54,55-32-18-6-19-33-55)56-34-20-7-21-35-56)77(104)87-60(74(101)84-42-65(83)92)45-105-78-72(99)70(97)68(95)64(108-78)46-106-79-71(98)69(96)67(94)63(44-90)107-79/h1-39,58-64,67-72,78-79,90-91,94-99H,40-48,82H2,(H2,83,92)(H,84,101)(H,85,102)(H,86,93)(H,87,104)(H,88,100)(H,89,103)/t58-,59-,60-,61+,62+,63+,64+,67-,68+,69-,70-,71+,72+,78+,79+/m0/s1. The minimum Gasteiger partial charge on any atom is -0.508 e. The molecular formula is C81H90N8O19S2. The van der Waals surface area contributed by atoms with E-state index in [0.717, 1.165) is 33.4 Å². The van der Waals surface area contributed by atoms with Gasteiger partial charge in [-0.25, -0.2) is 0 Å². The van der Waals surface area contributed by atoms with Gasteiger partial charge < -0.3 is 103 Å². The van der Waals surface area contributed by atoms with Crippen LogP contribution in [0.5, 0.6) is 5.75 Å². The van der Waals surface area contributed by atoms with Crippen LogP contribution in [0.15, 0.2) is 237 Å². The number of ether oxygens (including phenoxy) is 4. The summed E-state index contributed by atoms with van der Waals surface area (Å²) in [4.78, 5) is 102. The van der Waals surface area contributed by atoms with Gasteiger partial charge in [0.2, 0.25) is 41.4 Å². The molecule has 29 heteroatoms. The summed E-state index contributed by atoms with van der Waals surface area (Å²) in [7, 11) is 0. The molecule has 2 aliphatic rings. The number of aliphatic hydroxyl groups excluding tert-OH is 7. The van der Waals surface area contributed by atoms with Crippen molar-refractivity contribution in [3.63, 3.8) is 0 Å². The predicted molar refractivity (Wildman–Crippen MR) is 409 cm³/mol. The molecule has 580 valence electrons. The fraction of sp³-hybridized carbons (Fsp3) is 0.321. The van der Waals surface area contributed by atoms with Crippen molar-refractivity contribution in [2.24, 2.45) is 11.5 Å². The van der Waals surface area contributed by atoms with Gasteiger partial charge in [0.05, 0.1) is 48.4 Å². The van der Waals surface area contributed by atoms with Crippen LogP contribution in [0.3, 0.4) is 0 Å². The van der Waals surface area contributed by atoms with Crippen molar-refractivity contribution in [3.8, 4) is 5.75 Å². The first-order chi connectivity index (χ1) is 53.1. The first-order valence-electron chi connectivity index (χ1n) is 35.6. The fourth-order valence-corrected chi connectivity index (χ4v) is 16.1. The van der Waals surface area contributed by atoms with E-state index < -0.39 is 175 Å². The molecule has 2 heterocycles. The fourth-order valence-electron chi connectivity index (χ4n) is 13.0. The minimum atomic E-state index is -2.06. The molecule has 18 N–H and O–H groups in total. The Bertz CT molecular complexity index is 4080. The quantitative estimate of drug-likeness (QED) is 0.0246. The van der Waals surface area contributed by atoms with E-state index in [4.69, 9.17) is 30.4 Å². The number of carbonyl (C=O) groups excluding carboxylic acids is 7. The average molecular weight is 1540 g/mol. The van der Waals surface area contributed by atoms with Gasteiger partial charge in [-0.3, -0.25) is 33.6 Å². The van der Waals surface area contributed by atoms with Crippen LogP contribution in [-0.4, -0.2) is 218 Å². The Morgan fingerprint density at radius 3 is 1.22 bits per heavy atom. The van der Waals surface area contributed by atoms with Gasteiger partial charge in [-0.1, -0.05) is 224 Å². The largest absolute Gasteiger partial charge is 0.508 e.